The standard InChI is InChI=1S/C10H20ClN/c1-2-3-8-12(9-7-11)10-5-4-6-10/h10H,2-9H2,1H3. The van der Waals surface area contributed by atoms with Crippen molar-refractivity contribution < 1.29 is 0 Å². The molecule has 0 bridgehead atoms. The number of unbranched alkanes of at least 4 members (excludes halogenated alkanes) is 1. The van der Waals surface area contributed by atoms with Crippen LogP contribution < -0.4 is 0 Å². The van der Waals surface area contributed by atoms with E-state index in [0.717, 1.165) is 18.5 Å². The maximum absolute atomic E-state index is 5.76. The van der Waals surface area contributed by atoms with E-state index in [9.17, 15) is 0 Å². The number of halogens is 1. The zero-order valence-corrected chi connectivity index (χ0v) is 8.82. The van der Waals surface area contributed by atoms with Crippen molar-refractivity contribution in [2.24, 2.45) is 0 Å². The van der Waals surface area contributed by atoms with Crippen molar-refractivity contribution in [1.29, 1.82) is 0 Å². The van der Waals surface area contributed by atoms with Crippen LogP contribution in [-0.2, 0) is 0 Å². The maximum atomic E-state index is 5.76. The van der Waals surface area contributed by atoms with E-state index in [4.69, 9.17) is 11.6 Å². The van der Waals surface area contributed by atoms with E-state index in [-0.39, 0.29) is 0 Å². The molecule has 1 saturated carbocycles. The molecule has 72 valence electrons. The van der Waals surface area contributed by atoms with Crippen molar-refractivity contribution in [3.63, 3.8) is 0 Å². The highest BCUT2D eigenvalue weighted by Crippen LogP contribution is 2.24. The van der Waals surface area contributed by atoms with E-state index in [1.165, 1.54) is 38.6 Å². The van der Waals surface area contributed by atoms with Crippen LogP contribution in [0.1, 0.15) is 39.0 Å². The van der Waals surface area contributed by atoms with Gasteiger partial charge in [0.2, 0.25) is 0 Å². The molecule has 0 spiro atoms. The molecule has 0 atom stereocenters. The van der Waals surface area contributed by atoms with Gasteiger partial charge in [0.15, 0.2) is 0 Å². The average Bonchev–Trinajstić information content (AvgIpc) is 1.97. The van der Waals surface area contributed by atoms with Gasteiger partial charge in [-0.2, -0.15) is 0 Å². The van der Waals surface area contributed by atoms with Crippen LogP contribution in [0.25, 0.3) is 0 Å². The highest BCUT2D eigenvalue weighted by atomic mass is 35.5. The second kappa shape index (κ2) is 5.82. The van der Waals surface area contributed by atoms with Gasteiger partial charge in [-0.15, -0.1) is 11.6 Å². The molecule has 1 aliphatic carbocycles. The highest BCUT2D eigenvalue weighted by Gasteiger charge is 2.23. The molecule has 1 nitrogen and oxygen atoms in total. The first kappa shape index (κ1) is 10.3. The van der Waals surface area contributed by atoms with E-state index in [2.05, 4.69) is 11.8 Å². The molecule has 0 unspecified atom stereocenters. The Morgan fingerprint density at radius 3 is 2.50 bits per heavy atom. The molecule has 1 rings (SSSR count). The van der Waals surface area contributed by atoms with Gasteiger partial charge in [0, 0.05) is 18.5 Å². The third-order valence-electron chi connectivity index (χ3n) is 2.76. The molecule has 2 heteroatoms. The molecular weight excluding hydrogens is 170 g/mol. The van der Waals surface area contributed by atoms with Crippen LogP contribution in [0.4, 0.5) is 0 Å². The van der Waals surface area contributed by atoms with Crippen LogP contribution in [0, 0.1) is 0 Å². The van der Waals surface area contributed by atoms with E-state index < -0.39 is 0 Å². The predicted octanol–water partition coefficient (Wildman–Crippen LogP) is 2.88. The minimum Gasteiger partial charge on any atom is -0.299 e. The van der Waals surface area contributed by atoms with Gasteiger partial charge in [-0.1, -0.05) is 19.8 Å². The Morgan fingerprint density at radius 2 is 2.08 bits per heavy atom. The summed E-state index contributed by atoms with van der Waals surface area (Å²) < 4.78 is 0. The maximum Gasteiger partial charge on any atom is 0.0351 e. The zero-order chi connectivity index (χ0) is 8.81. The van der Waals surface area contributed by atoms with Gasteiger partial charge < -0.3 is 0 Å². The molecular formula is C10H20ClN. The van der Waals surface area contributed by atoms with Crippen LogP contribution in [0.2, 0.25) is 0 Å². The Labute approximate surface area is 81.1 Å². The van der Waals surface area contributed by atoms with Crippen molar-refractivity contribution in [2.75, 3.05) is 19.0 Å². The molecule has 0 aromatic heterocycles. The third-order valence-corrected chi connectivity index (χ3v) is 2.93. The summed E-state index contributed by atoms with van der Waals surface area (Å²) in [6.07, 6.45) is 6.86. The summed E-state index contributed by atoms with van der Waals surface area (Å²) >= 11 is 5.76. The topological polar surface area (TPSA) is 3.24 Å². The molecule has 1 aliphatic rings. The van der Waals surface area contributed by atoms with Crippen molar-refractivity contribution in [2.45, 2.75) is 45.1 Å². The van der Waals surface area contributed by atoms with Crippen LogP contribution in [0.5, 0.6) is 0 Å². The van der Waals surface area contributed by atoms with E-state index in [0.29, 0.717) is 0 Å². The first-order valence-electron chi connectivity index (χ1n) is 5.18. The summed E-state index contributed by atoms with van der Waals surface area (Å²) in [7, 11) is 0. The Bertz CT molecular complexity index is 112. The lowest BCUT2D eigenvalue weighted by atomic mass is 9.91. The fraction of sp³-hybridized carbons (Fsp3) is 1.00. The number of nitrogens with zero attached hydrogens (tertiary/aromatic N) is 1. The summed E-state index contributed by atoms with van der Waals surface area (Å²) in [5.41, 5.74) is 0. The third kappa shape index (κ3) is 2.95. The molecule has 0 saturated heterocycles. The van der Waals surface area contributed by atoms with Crippen molar-refractivity contribution in [3.05, 3.63) is 0 Å². The van der Waals surface area contributed by atoms with Crippen molar-refractivity contribution in [3.8, 4) is 0 Å². The van der Waals surface area contributed by atoms with E-state index in [1.807, 2.05) is 0 Å². The fourth-order valence-corrected chi connectivity index (χ4v) is 1.92. The first-order chi connectivity index (χ1) is 5.88. The molecule has 0 amide bonds. The summed E-state index contributed by atoms with van der Waals surface area (Å²) in [6.45, 7) is 4.60. The Kier molecular flexibility index (Phi) is 5.01. The summed E-state index contributed by atoms with van der Waals surface area (Å²) in [4.78, 5) is 2.57. The smallest absolute Gasteiger partial charge is 0.0351 e. The Balaban J connectivity index is 2.17. The second-order valence-electron chi connectivity index (χ2n) is 3.66. The van der Waals surface area contributed by atoms with Gasteiger partial charge in [-0.3, -0.25) is 4.90 Å². The van der Waals surface area contributed by atoms with Crippen LogP contribution in [0.15, 0.2) is 0 Å². The molecule has 0 aliphatic heterocycles. The van der Waals surface area contributed by atoms with E-state index in [1.54, 1.807) is 0 Å². The molecule has 0 radical (unpaired) electrons. The number of alkyl halides is 1. The van der Waals surface area contributed by atoms with Gasteiger partial charge in [-0.05, 0) is 25.8 Å². The SMILES string of the molecule is CCCCN(CCCl)C1CCC1. The lowest BCUT2D eigenvalue weighted by molar-refractivity contribution is 0.133. The van der Waals surface area contributed by atoms with Crippen LogP contribution in [-0.4, -0.2) is 29.9 Å². The van der Waals surface area contributed by atoms with Crippen molar-refractivity contribution in [1.82, 2.24) is 4.90 Å². The largest absolute Gasteiger partial charge is 0.299 e. The average molecular weight is 190 g/mol. The first-order valence-corrected chi connectivity index (χ1v) is 5.72. The molecule has 0 aromatic rings. The van der Waals surface area contributed by atoms with E-state index >= 15 is 0 Å². The van der Waals surface area contributed by atoms with Gasteiger partial charge in [0.25, 0.3) is 0 Å². The highest BCUT2D eigenvalue weighted by molar-refractivity contribution is 6.18. The van der Waals surface area contributed by atoms with Gasteiger partial charge in [0.1, 0.15) is 0 Å². The van der Waals surface area contributed by atoms with Gasteiger partial charge in [-0.25, -0.2) is 0 Å². The fourth-order valence-electron chi connectivity index (χ4n) is 1.70. The molecule has 1 fully saturated rings. The number of hydrogen-bond acceptors (Lipinski definition) is 1. The predicted molar refractivity (Wildman–Crippen MR) is 54.8 cm³/mol. The summed E-state index contributed by atoms with van der Waals surface area (Å²) in [6, 6.07) is 0.871. The minimum absolute atomic E-state index is 0.792. The minimum atomic E-state index is 0.792. The molecule has 0 heterocycles. The van der Waals surface area contributed by atoms with Crippen molar-refractivity contribution >= 4 is 11.6 Å². The monoisotopic (exact) mass is 189 g/mol. The van der Waals surface area contributed by atoms with Gasteiger partial charge in [0.05, 0.1) is 0 Å². The van der Waals surface area contributed by atoms with Gasteiger partial charge >= 0.3 is 0 Å². The Morgan fingerprint density at radius 1 is 1.33 bits per heavy atom. The quantitative estimate of drug-likeness (QED) is 0.581. The number of rotatable bonds is 6. The van der Waals surface area contributed by atoms with Crippen LogP contribution in [0.3, 0.4) is 0 Å². The van der Waals surface area contributed by atoms with Crippen LogP contribution >= 0.6 is 11.6 Å². The molecule has 12 heavy (non-hydrogen) atoms. The zero-order valence-electron chi connectivity index (χ0n) is 8.06. The lowest BCUT2D eigenvalue weighted by Crippen LogP contribution is -2.41. The number of hydrogen-bond donors (Lipinski definition) is 0. The summed E-state index contributed by atoms with van der Waals surface area (Å²) in [5.74, 6) is 0.792. The Hall–Kier alpha value is 0.250. The summed E-state index contributed by atoms with van der Waals surface area (Å²) in [5, 5.41) is 0. The molecule has 0 aromatic carbocycles. The normalized spacial score (nSPS) is 18.2. The molecule has 0 N–H and O–H groups in total. The second-order valence-corrected chi connectivity index (χ2v) is 4.04. The lowest BCUT2D eigenvalue weighted by Gasteiger charge is -2.37.